The first kappa shape index (κ1) is 12.9. The molecule has 18 heavy (non-hydrogen) atoms. The number of hydrogen-bond acceptors (Lipinski definition) is 3. The van der Waals surface area contributed by atoms with Crippen molar-refractivity contribution in [3.63, 3.8) is 0 Å². The Morgan fingerprint density at radius 3 is 2.28 bits per heavy atom. The third-order valence-corrected chi connectivity index (χ3v) is 3.37. The molecule has 3 N–H and O–H groups in total. The van der Waals surface area contributed by atoms with E-state index in [0.29, 0.717) is 5.02 Å². The molecule has 0 unspecified atom stereocenters. The van der Waals surface area contributed by atoms with Crippen LogP contribution in [-0.4, -0.2) is 28.2 Å². The highest BCUT2D eigenvalue weighted by Gasteiger charge is 2.41. The molecule has 0 aliphatic carbocycles. The minimum Gasteiger partial charge on any atom is -0.481 e. The van der Waals surface area contributed by atoms with Crippen LogP contribution in [-0.2, 0) is 9.59 Å². The maximum absolute atomic E-state index is 11.2. The Morgan fingerprint density at radius 1 is 1.17 bits per heavy atom. The van der Waals surface area contributed by atoms with Crippen molar-refractivity contribution >= 4 is 23.5 Å². The summed E-state index contributed by atoms with van der Waals surface area (Å²) < 4.78 is 0. The van der Waals surface area contributed by atoms with Crippen LogP contribution in [0.1, 0.15) is 18.0 Å². The fourth-order valence-electron chi connectivity index (χ4n) is 2.21. The van der Waals surface area contributed by atoms with Crippen molar-refractivity contribution in [2.45, 2.75) is 18.5 Å². The Hall–Kier alpha value is -1.59. The second-order valence-corrected chi connectivity index (χ2v) is 4.70. The Bertz CT molecular complexity index is 473. The van der Waals surface area contributed by atoms with E-state index >= 15 is 0 Å². The van der Waals surface area contributed by atoms with Crippen LogP contribution >= 0.6 is 11.6 Å². The van der Waals surface area contributed by atoms with Crippen LogP contribution in [0.4, 0.5) is 0 Å². The Balaban J connectivity index is 2.27. The number of carboxylic acid groups (broad SMARTS) is 2. The summed E-state index contributed by atoms with van der Waals surface area (Å²) in [4.78, 5) is 22.1. The molecule has 0 spiro atoms. The molecule has 1 saturated heterocycles. The maximum Gasteiger partial charge on any atom is 0.320 e. The van der Waals surface area contributed by atoms with Crippen molar-refractivity contribution in [2.24, 2.45) is 5.92 Å². The van der Waals surface area contributed by atoms with Gasteiger partial charge in [0.25, 0.3) is 0 Å². The van der Waals surface area contributed by atoms with E-state index in [1.165, 1.54) is 0 Å². The van der Waals surface area contributed by atoms with Crippen LogP contribution < -0.4 is 5.32 Å². The summed E-state index contributed by atoms with van der Waals surface area (Å²) in [5.41, 5.74) is 0.732. The highest BCUT2D eigenvalue weighted by Crippen LogP contribution is 2.33. The molecule has 1 heterocycles. The zero-order valence-corrected chi connectivity index (χ0v) is 10.1. The molecular formula is C12H12ClNO4. The van der Waals surface area contributed by atoms with Crippen molar-refractivity contribution in [3.8, 4) is 0 Å². The number of carbonyl (C=O) groups is 2. The summed E-state index contributed by atoms with van der Waals surface area (Å²) in [6.07, 6.45) is 0.0813. The fraction of sp³-hybridized carbons (Fsp3) is 0.333. The summed E-state index contributed by atoms with van der Waals surface area (Å²) in [7, 11) is 0. The number of aliphatic carboxylic acids is 2. The zero-order valence-electron chi connectivity index (χ0n) is 9.34. The highest BCUT2D eigenvalue weighted by atomic mass is 35.5. The van der Waals surface area contributed by atoms with Gasteiger partial charge in [-0.25, -0.2) is 0 Å². The lowest BCUT2D eigenvalue weighted by molar-refractivity contribution is -0.142. The van der Waals surface area contributed by atoms with Crippen LogP contribution in [0.5, 0.6) is 0 Å². The molecule has 2 rings (SSSR count). The molecule has 1 aromatic carbocycles. The van der Waals surface area contributed by atoms with E-state index in [4.69, 9.17) is 21.8 Å². The summed E-state index contributed by atoms with van der Waals surface area (Å²) in [6.45, 7) is 0. The lowest BCUT2D eigenvalue weighted by atomic mass is 9.93. The summed E-state index contributed by atoms with van der Waals surface area (Å²) in [5.74, 6) is -2.77. The molecule has 1 aliphatic heterocycles. The predicted molar refractivity (Wildman–Crippen MR) is 64.5 cm³/mol. The minimum atomic E-state index is -1.03. The molecule has 5 nitrogen and oxygen atoms in total. The van der Waals surface area contributed by atoms with Gasteiger partial charge >= 0.3 is 11.9 Å². The Morgan fingerprint density at radius 2 is 1.78 bits per heavy atom. The monoisotopic (exact) mass is 269 g/mol. The number of nitrogens with one attached hydrogen (secondary N) is 1. The van der Waals surface area contributed by atoms with E-state index < -0.39 is 29.9 Å². The molecule has 0 bridgehead atoms. The number of hydrogen-bond donors (Lipinski definition) is 3. The van der Waals surface area contributed by atoms with Gasteiger partial charge in [0.2, 0.25) is 0 Å². The van der Waals surface area contributed by atoms with Crippen molar-refractivity contribution in [1.29, 1.82) is 0 Å². The summed E-state index contributed by atoms with van der Waals surface area (Å²) >= 11 is 5.77. The molecule has 6 heteroatoms. The molecule has 96 valence electrons. The normalized spacial score (nSPS) is 27.1. The molecule has 1 aliphatic rings. The maximum atomic E-state index is 11.2. The van der Waals surface area contributed by atoms with Gasteiger partial charge in [-0.1, -0.05) is 23.7 Å². The first-order valence-electron chi connectivity index (χ1n) is 5.46. The van der Waals surface area contributed by atoms with Crippen LogP contribution in [0.15, 0.2) is 24.3 Å². The van der Waals surface area contributed by atoms with Crippen molar-refractivity contribution in [3.05, 3.63) is 34.9 Å². The second-order valence-electron chi connectivity index (χ2n) is 4.27. The molecule has 0 amide bonds. The van der Waals surface area contributed by atoms with Crippen molar-refractivity contribution in [1.82, 2.24) is 5.32 Å². The lowest BCUT2D eigenvalue weighted by Crippen LogP contribution is -2.32. The van der Waals surface area contributed by atoms with E-state index in [0.717, 1.165) is 5.56 Å². The van der Waals surface area contributed by atoms with E-state index in [1.54, 1.807) is 24.3 Å². The topological polar surface area (TPSA) is 86.6 Å². The third-order valence-electron chi connectivity index (χ3n) is 3.12. The molecule has 0 aromatic heterocycles. The molecule has 0 radical (unpaired) electrons. The lowest BCUT2D eigenvalue weighted by Gasteiger charge is -2.16. The largest absolute Gasteiger partial charge is 0.481 e. The Kier molecular flexibility index (Phi) is 3.54. The Labute approximate surface area is 108 Å². The summed E-state index contributed by atoms with van der Waals surface area (Å²) in [6, 6.07) is 5.41. The highest BCUT2D eigenvalue weighted by molar-refractivity contribution is 6.30. The molecule has 1 aromatic rings. The number of rotatable bonds is 3. The van der Waals surface area contributed by atoms with Gasteiger partial charge in [-0.05, 0) is 24.1 Å². The average Bonchev–Trinajstić information content (AvgIpc) is 2.75. The van der Waals surface area contributed by atoms with Gasteiger partial charge in [0.15, 0.2) is 0 Å². The predicted octanol–water partition coefficient (Wildman–Crippen LogP) is 1.53. The number of carboxylic acids is 2. The van der Waals surface area contributed by atoms with E-state index in [-0.39, 0.29) is 6.42 Å². The SMILES string of the molecule is O=C(O)[C@H]1C[C@@H](C(=O)O)[C@H](c2ccc(Cl)cc2)N1. The van der Waals surface area contributed by atoms with Gasteiger partial charge in [0.05, 0.1) is 5.92 Å². The quantitative estimate of drug-likeness (QED) is 0.775. The summed E-state index contributed by atoms with van der Waals surface area (Å²) in [5, 5.41) is 21.5. The molecule has 3 atom stereocenters. The van der Waals surface area contributed by atoms with Gasteiger partial charge in [-0.15, -0.1) is 0 Å². The van der Waals surface area contributed by atoms with Gasteiger partial charge in [0, 0.05) is 11.1 Å². The van der Waals surface area contributed by atoms with Crippen LogP contribution in [0.2, 0.25) is 5.02 Å². The molecule has 0 saturated carbocycles. The van der Waals surface area contributed by atoms with E-state index in [1.807, 2.05) is 0 Å². The third kappa shape index (κ3) is 2.47. The van der Waals surface area contributed by atoms with Crippen molar-refractivity contribution < 1.29 is 19.8 Å². The van der Waals surface area contributed by atoms with E-state index in [2.05, 4.69) is 5.32 Å². The first-order chi connectivity index (χ1) is 8.49. The van der Waals surface area contributed by atoms with Crippen LogP contribution in [0.3, 0.4) is 0 Å². The van der Waals surface area contributed by atoms with E-state index in [9.17, 15) is 9.59 Å². The molecule has 1 fully saturated rings. The van der Waals surface area contributed by atoms with Gasteiger partial charge in [-0.2, -0.15) is 0 Å². The van der Waals surface area contributed by atoms with Gasteiger partial charge in [0.1, 0.15) is 6.04 Å². The minimum absolute atomic E-state index is 0.0813. The van der Waals surface area contributed by atoms with Crippen LogP contribution in [0.25, 0.3) is 0 Å². The second kappa shape index (κ2) is 4.96. The van der Waals surface area contributed by atoms with Gasteiger partial charge in [-0.3, -0.25) is 14.9 Å². The smallest absolute Gasteiger partial charge is 0.320 e. The average molecular weight is 270 g/mol. The zero-order chi connectivity index (χ0) is 13.3. The fourth-order valence-corrected chi connectivity index (χ4v) is 2.33. The number of benzene rings is 1. The van der Waals surface area contributed by atoms with Crippen molar-refractivity contribution in [2.75, 3.05) is 0 Å². The standard InChI is InChI=1S/C12H12ClNO4/c13-7-3-1-6(2-4-7)10-8(11(15)16)5-9(14-10)12(17)18/h1-4,8-10,14H,5H2,(H,15,16)(H,17,18)/t8-,9-,10+/m1/s1. The first-order valence-corrected chi connectivity index (χ1v) is 5.84. The molecular weight excluding hydrogens is 258 g/mol. The van der Waals surface area contributed by atoms with Gasteiger partial charge < -0.3 is 10.2 Å². The van der Waals surface area contributed by atoms with Crippen LogP contribution in [0, 0.1) is 5.92 Å². The number of halogens is 1.